The van der Waals surface area contributed by atoms with E-state index in [1.54, 1.807) is 16.8 Å². The number of likely N-dealkylation sites (N-methyl/N-ethyl adjacent to an activating group) is 1. The molecule has 3 N–H and O–H groups in total. The number of imidazole rings is 1. The Morgan fingerprint density at radius 1 is 1.24 bits per heavy atom. The number of H-pyrrole nitrogens is 2. The van der Waals surface area contributed by atoms with Gasteiger partial charge >= 0.3 is 5.69 Å². The zero-order valence-corrected chi connectivity index (χ0v) is 16.3. The first-order valence-corrected chi connectivity index (χ1v) is 9.96. The summed E-state index contributed by atoms with van der Waals surface area (Å²) >= 11 is 0. The Morgan fingerprint density at radius 2 is 2.10 bits per heavy atom. The predicted molar refractivity (Wildman–Crippen MR) is 108 cm³/mol. The van der Waals surface area contributed by atoms with Gasteiger partial charge in [-0.05, 0) is 38.9 Å². The topological polar surface area (TPSA) is 118 Å². The molecule has 0 spiro atoms. The van der Waals surface area contributed by atoms with Gasteiger partial charge in [-0.25, -0.2) is 9.78 Å². The fraction of sp³-hybridized carbons (Fsp3) is 0.474. The molecule has 0 atom stereocenters. The molecule has 1 aliphatic heterocycles. The molecule has 29 heavy (non-hydrogen) atoms. The number of aromatic nitrogens is 5. The minimum absolute atomic E-state index is 0.205. The molecule has 4 heterocycles. The Kier molecular flexibility index (Phi) is 4.35. The van der Waals surface area contributed by atoms with Crippen LogP contribution in [0.15, 0.2) is 22.1 Å². The summed E-state index contributed by atoms with van der Waals surface area (Å²) in [6, 6.07) is 2.37. The minimum atomic E-state index is -0.461. The van der Waals surface area contributed by atoms with Crippen LogP contribution in [0.25, 0.3) is 11.7 Å². The van der Waals surface area contributed by atoms with Crippen LogP contribution in [0.3, 0.4) is 0 Å². The van der Waals surface area contributed by atoms with Gasteiger partial charge in [-0.15, -0.1) is 0 Å². The van der Waals surface area contributed by atoms with Crippen LogP contribution in [0.4, 0.5) is 5.82 Å². The molecule has 0 amide bonds. The highest BCUT2D eigenvalue weighted by atomic mass is 16.3. The van der Waals surface area contributed by atoms with Gasteiger partial charge in [0.15, 0.2) is 11.1 Å². The van der Waals surface area contributed by atoms with Crippen molar-refractivity contribution in [3.8, 4) is 5.88 Å². The Balaban J connectivity index is 1.67. The molecule has 1 saturated heterocycles. The molecule has 2 fully saturated rings. The lowest BCUT2D eigenvalue weighted by molar-refractivity contribution is 0.360. The van der Waals surface area contributed by atoms with E-state index >= 15 is 0 Å². The quantitative estimate of drug-likeness (QED) is 0.534. The molecule has 1 saturated carbocycles. The van der Waals surface area contributed by atoms with Gasteiger partial charge in [-0.1, -0.05) is 0 Å². The van der Waals surface area contributed by atoms with Gasteiger partial charge in [-0.3, -0.25) is 9.98 Å². The van der Waals surface area contributed by atoms with Crippen molar-refractivity contribution in [3.05, 3.63) is 39.1 Å². The summed E-state index contributed by atoms with van der Waals surface area (Å²) in [5, 5.41) is 15.1. The standard InChI is InChI=1S/C19H24N8O2/c1-25-5-2-6-26(8-7-25)15-10-16(21-13-3-4-13)27-17(23-15)12(11-20-27)9-14-18(28)24-19(29)22-14/h9-11,13,28H,2-8H2,1H3,(H2,22,24,29)/b12-9+,21-16?. The average molecular weight is 396 g/mol. The van der Waals surface area contributed by atoms with Crippen LogP contribution in [0.5, 0.6) is 5.88 Å². The molecule has 10 heteroatoms. The van der Waals surface area contributed by atoms with E-state index in [4.69, 9.17) is 9.98 Å². The Morgan fingerprint density at radius 3 is 2.86 bits per heavy atom. The minimum Gasteiger partial charge on any atom is -0.493 e. The van der Waals surface area contributed by atoms with E-state index in [0.29, 0.717) is 22.6 Å². The number of nitrogens with zero attached hydrogens (tertiary/aromatic N) is 6. The fourth-order valence-corrected chi connectivity index (χ4v) is 3.62. The first-order valence-electron chi connectivity index (χ1n) is 9.96. The maximum absolute atomic E-state index is 11.5. The highest BCUT2D eigenvalue weighted by molar-refractivity contribution is 5.58. The summed E-state index contributed by atoms with van der Waals surface area (Å²) in [6.07, 6.45) is 6.64. The van der Waals surface area contributed by atoms with Gasteiger partial charge < -0.3 is 19.9 Å². The molecule has 0 unspecified atom stereocenters. The van der Waals surface area contributed by atoms with Crippen molar-refractivity contribution in [1.29, 1.82) is 0 Å². The van der Waals surface area contributed by atoms with Crippen LogP contribution in [0.1, 0.15) is 25.0 Å². The average Bonchev–Trinajstić information content (AvgIpc) is 3.38. The lowest BCUT2D eigenvalue weighted by atomic mass is 10.3. The summed E-state index contributed by atoms with van der Waals surface area (Å²) in [5.41, 5.74) is 1.28. The highest BCUT2D eigenvalue weighted by Gasteiger charge is 2.21. The van der Waals surface area contributed by atoms with E-state index in [1.165, 1.54) is 0 Å². The first kappa shape index (κ1) is 17.9. The van der Waals surface area contributed by atoms with Gasteiger partial charge in [0.2, 0.25) is 5.88 Å². The number of rotatable bonds is 3. The molecular formula is C19H24N8O2. The van der Waals surface area contributed by atoms with E-state index in [9.17, 15) is 9.90 Å². The predicted octanol–water partition coefficient (Wildman–Crippen LogP) is -0.796. The van der Waals surface area contributed by atoms with Crippen LogP contribution in [-0.2, 0) is 0 Å². The summed E-state index contributed by atoms with van der Waals surface area (Å²) in [5.74, 6) is 0.679. The number of hydrogen-bond acceptors (Lipinski definition) is 7. The molecule has 0 radical (unpaired) electrons. The molecule has 152 valence electrons. The molecule has 1 aliphatic carbocycles. The van der Waals surface area contributed by atoms with Crippen molar-refractivity contribution >= 4 is 17.5 Å². The highest BCUT2D eigenvalue weighted by Crippen LogP contribution is 2.22. The Hall–Kier alpha value is -3.14. The third-order valence-corrected chi connectivity index (χ3v) is 5.41. The van der Waals surface area contributed by atoms with Crippen LogP contribution in [0.2, 0.25) is 0 Å². The van der Waals surface area contributed by atoms with Crippen molar-refractivity contribution in [3.63, 3.8) is 0 Å². The van der Waals surface area contributed by atoms with E-state index < -0.39 is 5.69 Å². The lowest BCUT2D eigenvalue weighted by Crippen LogP contribution is -2.31. The third-order valence-electron chi connectivity index (χ3n) is 5.41. The first-order chi connectivity index (χ1) is 14.1. The molecule has 0 bridgehead atoms. The second-order valence-corrected chi connectivity index (χ2v) is 7.80. The van der Waals surface area contributed by atoms with Crippen LogP contribution in [-0.4, -0.2) is 73.8 Å². The summed E-state index contributed by atoms with van der Waals surface area (Å²) in [7, 11) is 2.14. The molecule has 2 aliphatic rings. The van der Waals surface area contributed by atoms with Gasteiger partial charge in [0.05, 0.1) is 12.2 Å². The normalized spacial score (nSPS) is 20.0. The summed E-state index contributed by atoms with van der Waals surface area (Å²) in [6.45, 7) is 3.90. The Bertz CT molecular complexity index is 1220. The largest absolute Gasteiger partial charge is 0.493 e. The second-order valence-electron chi connectivity index (χ2n) is 7.80. The van der Waals surface area contributed by atoms with Crippen molar-refractivity contribution in [2.75, 3.05) is 38.1 Å². The maximum Gasteiger partial charge on any atom is 0.326 e. The Labute approximate surface area is 166 Å². The number of hydrogen-bond donors (Lipinski definition) is 3. The summed E-state index contributed by atoms with van der Waals surface area (Å²) in [4.78, 5) is 30.7. The van der Waals surface area contributed by atoms with Crippen molar-refractivity contribution in [2.45, 2.75) is 25.3 Å². The monoisotopic (exact) mass is 396 g/mol. The van der Waals surface area contributed by atoms with E-state index in [0.717, 1.165) is 56.7 Å². The zero-order valence-electron chi connectivity index (χ0n) is 16.3. The molecule has 0 aromatic carbocycles. The van der Waals surface area contributed by atoms with E-state index in [1.807, 2.05) is 6.07 Å². The van der Waals surface area contributed by atoms with Gasteiger partial charge in [0.25, 0.3) is 0 Å². The molecule has 3 aromatic heterocycles. The summed E-state index contributed by atoms with van der Waals surface area (Å²) < 4.78 is 1.74. The van der Waals surface area contributed by atoms with Gasteiger partial charge in [0.1, 0.15) is 11.5 Å². The molecular weight excluding hydrogens is 372 g/mol. The zero-order chi connectivity index (χ0) is 20.0. The van der Waals surface area contributed by atoms with Gasteiger partial charge in [0, 0.05) is 30.9 Å². The number of aromatic amines is 2. The van der Waals surface area contributed by atoms with E-state index in [-0.39, 0.29) is 5.88 Å². The van der Waals surface area contributed by atoms with E-state index in [2.05, 4.69) is 31.9 Å². The van der Waals surface area contributed by atoms with Gasteiger partial charge in [-0.2, -0.15) is 9.61 Å². The van der Waals surface area contributed by atoms with Crippen molar-refractivity contribution in [1.82, 2.24) is 29.5 Å². The van der Waals surface area contributed by atoms with Crippen LogP contribution < -0.4 is 21.3 Å². The molecule has 3 aromatic rings. The van der Waals surface area contributed by atoms with Crippen LogP contribution >= 0.6 is 0 Å². The lowest BCUT2D eigenvalue weighted by Gasteiger charge is -2.21. The number of anilines is 1. The molecule has 10 nitrogen and oxygen atoms in total. The maximum atomic E-state index is 11.5. The van der Waals surface area contributed by atoms with Crippen molar-refractivity contribution < 1.29 is 5.11 Å². The second kappa shape index (κ2) is 7.03. The number of nitrogens with one attached hydrogen (secondary N) is 2. The molecule has 5 rings (SSSR count). The SMILES string of the molecule is CN1CCCN(c2cc(=NC3CC3)n3nc/c(=C\c4[nH]c(=O)[nH]c4O)c3n2)CC1. The number of aromatic hydroxyl groups is 1. The smallest absolute Gasteiger partial charge is 0.326 e. The fourth-order valence-electron chi connectivity index (χ4n) is 3.62. The third kappa shape index (κ3) is 3.63. The van der Waals surface area contributed by atoms with Crippen LogP contribution in [0, 0.1) is 0 Å². The number of fused-ring (bicyclic) bond motifs is 1. The van der Waals surface area contributed by atoms with Crippen molar-refractivity contribution in [2.24, 2.45) is 4.99 Å².